The van der Waals surface area contributed by atoms with Crippen molar-refractivity contribution in [1.29, 1.82) is 0 Å². The van der Waals surface area contributed by atoms with Crippen LogP contribution in [0.3, 0.4) is 0 Å². The molecule has 0 saturated carbocycles. The summed E-state index contributed by atoms with van der Waals surface area (Å²) in [5.41, 5.74) is 8.26. The van der Waals surface area contributed by atoms with Crippen molar-refractivity contribution in [3.05, 3.63) is 66.7 Å². The highest BCUT2D eigenvalue weighted by molar-refractivity contribution is 5.98. The van der Waals surface area contributed by atoms with Gasteiger partial charge in [-0.15, -0.1) is 0 Å². The maximum absolute atomic E-state index is 13.4. The lowest BCUT2D eigenvalue weighted by molar-refractivity contribution is -0.117. The molecule has 4 aromatic rings. The molecule has 4 rings (SSSR count). The monoisotopic (exact) mass is 417 g/mol. The van der Waals surface area contributed by atoms with E-state index in [4.69, 9.17) is 15.5 Å². The molecule has 2 heterocycles. The topological polar surface area (TPSA) is 103 Å². The zero-order valence-electron chi connectivity index (χ0n) is 16.8. The van der Waals surface area contributed by atoms with Gasteiger partial charge in [-0.2, -0.15) is 0 Å². The van der Waals surface area contributed by atoms with Crippen molar-refractivity contribution in [3.63, 3.8) is 0 Å². The molecule has 8 heteroatoms. The molecule has 3 N–H and O–H groups in total. The van der Waals surface area contributed by atoms with Gasteiger partial charge in [-0.05, 0) is 47.5 Å². The van der Waals surface area contributed by atoms with E-state index in [9.17, 15) is 9.18 Å². The van der Waals surface area contributed by atoms with Crippen molar-refractivity contribution in [3.8, 4) is 28.3 Å². The zero-order chi connectivity index (χ0) is 21.8. The summed E-state index contributed by atoms with van der Waals surface area (Å²) in [4.78, 5) is 24.7. The van der Waals surface area contributed by atoms with Gasteiger partial charge in [-0.25, -0.2) is 14.4 Å². The van der Waals surface area contributed by atoms with Crippen LogP contribution in [0.5, 0.6) is 5.75 Å². The molecule has 0 aliphatic rings. The summed E-state index contributed by atoms with van der Waals surface area (Å²) in [5, 5.41) is 3.88. The van der Waals surface area contributed by atoms with Crippen molar-refractivity contribution >= 4 is 22.6 Å². The molecule has 0 unspecified atom stereocenters. The van der Waals surface area contributed by atoms with E-state index in [-0.39, 0.29) is 12.2 Å². The molecular formula is C23H20FN5O2. The maximum atomic E-state index is 13.4. The number of ether oxygens (including phenoxy) is 1. The van der Waals surface area contributed by atoms with Gasteiger partial charge in [0.05, 0.1) is 7.11 Å². The summed E-state index contributed by atoms with van der Waals surface area (Å²) in [6.07, 6.45) is 3.50. The Kier molecular flexibility index (Phi) is 5.70. The molecule has 2 aromatic heterocycles. The number of anilines is 1. The number of nitrogens with one attached hydrogen (secondary N) is 1. The SMILES string of the molecule is COc1cc(-c2ccc(F)cc2)cc2c(NCCC(N)=O)nc(-c3cccnc3)nc12. The number of benzene rings is 2. The summed E-state index contributed by atoms with van der Waals surface area (Å²) < 4.78 is 19.0. The predicted molar refractivity (Wildman–Crippen MR) is 117 cm³/mol. The number of methoxy groups -OCH3 is 1. The fourth-order valence-corrected chi connectivity index (χ4v) is 3.23. The molecule has 0 fully saturated rings. The third kappa shape index (κ3) is 4.42. The lowest BCUT2D eigenvalue weighted by Gasteiger charge is -2.14. The summed E-state index contributed by atoms with van der Waals surface area (Å²) in [7, 11) is 1.56. The van der Waals surface area contributed by atoms with Crippen LogP contribution >= 0.6 is 0 Å². The smallest absolute Gasteiger partial charge is 0.219 e. The number of fused-ring (bicyclic) bond motifs is 1. The Morgan fingerprint density at radius 2 is 1.90 bits per heavy atom. The number of primary amides is 1. The third-order valence-corrected chi connectivity index (χ3v) is 4.75. The van der Waals surface area contributed by atoms with Crippen LogP contribution in [-0.4, -0.2) is 34.5 Å². The van der Waals surface area contributed by atoms with Crippen molar-refractivity contribution in [2.24, 2.45) is 5.73 Å². The van der Waals surface area contributed by atoms with Gasteiger partial charge in [0, 0.05) is 36.3 Å². The normalized spacial score (nSPS) is 10.8. The minimum atomic E-state index is -0.414. The molecule has 0 spiro atoms. The number of carbonyl (C=O) groups is 1. The number of nitrogens with two attached hydrogens (primary N) is 1. The molecule has 0 bridgehead atoms. The molecule has 1 amide bonds. The quantitative estimate of drug-likeness (QED) is 0.474. The minimum Gasteiger partial charge on any atom is -0.494 e. The molecule has 0 saturated heterocycles. The first kappa shape index (κ1) is 20.2. The van der Waals surface area contributed by atoms with Crippen LogP contribution in [0, 0.1) is 5.82 Å². The Bertz CT molecular complexity index is 1230. The number of pyridine rings is 1. The van der Waals surface area contributed by atoms with Crippen LogP contribution in [-0.2, 0) is 4.79 Å². The van der Waals surface area contributed by atoms with Crippen LogP contribution in [0.4, 0.5) is 10.2 Å². The van der Waals surface area contributed by atoms with E-state index in [0.29, 0.717) is 34.8 Å². The van der Waals surface area contributed by atoms with Crippen LogP contribution in [0.2, 0.25) is 0 Å². The van der Waals surface area contributed by atoms with Crippen molar-refractivity contribution in [1.82, 2.24) is 15.0 Å². The Morgan fingerprint density at radius 3 is 2.58 bits per heavy atom. The number of nitrogens with zero attached hydrogens (tertiary/aromatic N) is 3. The largest absolute Gasteiger partial charge is 0.494 e. The maximum Gasteiger partial charge on any atom is 0.219 e. The first-order chi connectivity index (χ1) is 15.0. The number of carbonyl (C=O) groups excluding carboxylic acids is 1. The second kappa shape index (κ2) is 8.74. The van der Waals surface area contributed by atoms with E-state index in [1.54, 1.807) is 37.7 Å². The van der Waals surface area contributed by atoms with Crippen molar-refractivity contribution in [2.75, 3.05) is 19.0 Å². The van der Waals surface area contributed by atoms with Crippen LogP contribution < -0.4 is 15.8 Å². The summed E-state index contributed by atoms with van der Waals surface area (Å²) in [5.74, 6) is 0.822. The number of hydrogen-bond acceptors (Lipinski definition) is 6. The van der Waals surface area contributed by atoms with Gasteiger partial charge in [0.1, 0.15) is 22.9 Å². The van der Waals surface area contributed by atoms with Gasteiger partial charge in [-0.3, -0.25) is 9.78 Å². The van der Waals surface area contributed by atoms with E-state index in [1.165, 1.54) is 12.1 Å². The second-order valence-electron chi connectivity index (χ2n) is 6.86. The van der Waals surface area contributed by atoms with Crippen molar-refractivity contribution < 1.29 is 13.9 Å². The molecular weight excluding hydrogens is 397 g/mol. The fourth-order valence-electron chi connectivity index (χ4n) is 3.23. The minimum absolute atomic E-state index is 0.155. The number of halogens is 1. The van der Waals surface area contributed by atoms with Gasteiger partial charge in [-0.1, -0.05) is 12.1 Å². The average molecular weight is 417 g/mol. The van der Waals surface area contributed by atoms with E-state index < -0.39 is 5.91 Å². The van der Waals surface area contributed by atoms with Gasteiger partial charge < -0.3 is 15.8 Å². The van der Waals surface area contributed by atoms with E-state index in [0.717, 1.165) is 16.7 Å². The van der Waals surface area contributed by atoms with Crippen LogP contribution in [0.1, 0.15) is 6.42 Å². The zero-order valence-corrected chi connectivity index (χ0v) is 16.8. The summed E-state index contributed by atoms with van der Waals surface area (Å²) in [6.45, 7) is 0.316. The Hall–Kier alpha value is -4.07. The molecule has 0 aliphatic heterocycles. The highest BCUT2D eigenvalue weighted by Gasteiger charge is 2.16. The molecule has 0 atom stereocenters. The number of amides is 1. The fraction of sp³-hybridized carbons (Fsp3) is 0.130. The highest BCUT2D eigenvalue weighted by Crippen LogP contribution is 2.35. The molecule has 0 aliphatic carbocycles. The van der Waals surface area contributed by atoms with Crippen molar-refractivity contribution in [2.45, 2.75) is 6.42 Å². The van der Waals surface area contributed by atoms with Gasteiger partial charge >= 0.3 is 0 Å². The van der Waals surface area contributed by atoms with E-state index in [1.807, 2.05) is 18.2 Å². The van der Waals surface area contributed by atoms with Crippen LogP contribution in [0.15, 0.2) is 60.9 Å². The molecule has 2 aromatic carbocycles. The lowest BCUT2D eigenvalue weighted by atomic mass is 10.0. The summed E-state index contributed by atoms with van der Waals surface area (Å²) >= 11 is 0. The van der Waals surface area contributed by atoms with Gasteiger partial charge in [0.2, 0.25) is 5.91 Å². The Balaban J connectivity index is 1.90. The number of aromatic nitrogens is 3. The lowest BCUT2D eigenvalue weighted by Crippen LogP contribution is -2.16. The highest BCUT2D eigenvalue weighted by atomic mass is 19.1. The third-order valence-electron chi connectivity index (χ3n) is 4.75. The average Bonchev–Trinajstić information content (AvgIpc) is 2.79. The second-order valence-corrected chi connectivity index (χ2v) is 6.86. The molecule has 31 heavy (non-hydrogen) atoms. The van der Waals surface area contributed by atoms with E-state index >= 15 is 0 Å². The molecule has 0 radical (unpaired) electrons. The number of hydrogen-bond donors (Lipinski definition) is 2. The Labute approximate surface area is 178 Å². The molecule has 7 nitrogen and oxygen atoms in total. The van der Waals surface area contributed by atoms with Gasteiger partial charge in [0.25, 0.3) is 0 Å². The first-order valence-corrected chi connectivity index (χ1v) is 9.63. The van der Waals surface area contributed by atoms with Gasteiger partial charge in [0.15, 0.2) is 5.82 Å². The van der Waals surface area contributed by atoms with E-state index in [2.05, 4.69) is 15.3 Å². The van der Waals surface area contributed by atoms with Crippen LogP contribution in [0.25, 0.3) is 33.4 Å². The first-order valence-electron chi connectivity index (χ1n) is 9.63. The standard InChI is InChI=1S/C23H20FN5O2/c1-31-19-12-16(14-4-6-17(24)7-5-14)11-18-21(19)28-22(15-3-2-9-26-13-15)29-23(18)27-10-8-20(25)30/h2-7,9,11-13H,8,10H2,1H3,(H2,25,30)(H,27,28,29). The summed E-state index contributed by atoms with van der Waals surface area (Å²) in [6, 6.07) is 13.6. The predicted octanol–water partition coefficient (Wildman–Crippen LogP) is 3.79. The number of rotatable bonds is 7. The Morgan fingerprint density at radius 1 is 1.10 bits per heavy atom. The molecule has 156 valence electrons.